The molecule has 33 heavy (non-hydrogen) atoms. The van der Waals surface area contributed by atoms with Crippen LogP contribution in [0.3, 0.4) is 0 Å². The van der Waals surface area contributed by atoms with Gasteiger partial charge in [0, 0.05) is 6.42 Å². The first-order chi connectivity index (χ1) is 15.3. The van der Waals surface area contributed by atoms with Crippen LogP contribution in [0.5, 0.6) is 0 Å². The van der Waals surface area contributed by atoms with Gasteiger partial charge in [0.25, 0.3) is 0 Å². The van der Waals surface area contributed by atoms with E-state index in [0.717, 1.165) is 6.92 Å². The highest BCUT2D eigenvalue weighted by atomic mass is 32.2. The number of nitrogens with two attached hydrogens (primary N) is 3. The quantitative estimate of drug-likeness (QED) is 0.104. The average molecular weight is 493 g/mol. The summed E-state index contributed by atoms with van der Waals surface area (Å²) in [6, 6.07) is -5.49. The van der Waals surface area contributed by atoms with Crippen LogP contribution in [0.2, 0.25) is 0 Å². The SMILES string of the molecule is CSCCC(NC(=O)C(N)CC(N)=O)C(=O)NC(CCC(N)=O)C(=O)NC(C(=O)O)C(C)O. The van der Waals surface area contributed by atoms with Crippen molar-refractivity contribution in [1.82, 2.24) is 16.0 Å². The molecule has 0 saturated heterocycles. The summed E-state index contributed by atoms with van der Waals surface area (Å²) in [6.07, 6.45) is -0.556. The molecule has 0 heterocycles. The van der Waals surface area contributed by atoms with Gasteiger partial charge in [-0.2, -0.15) is 11.8 Å². The smallest absolute Gasteiger partial charge is 0.328 e. The first kappa shape index (κ1) is 30.1. The summed E-state index contributed by atoms with van der Waals surface area (Å²) in [5.41, 5.74) is 15.7. The lowest BCUT2D eigenvalue weighted by atomic mass is 10.1. The molecule has 5 amide bonds. The van der Waals surface area contributed by atoms with Gasteiger partial charge < -0.3 is 43.4 Å². The zero-order chi connectivity index (χ0) is 25.7. The summed E-state index contributed by atoms with van der Waals surface area (Å²) in [6.45, 7) is 1.15. The van der Waals surface area contributed by atoms with Crippen LogP contribution >= 0.6 is 11.8 Å². The average Bonchev–Trinajstić information content (AvgIpc) is 2.70. The molecule has 0 fully saturated rings. The minimum atomic E-state index is -1.66. The standard InChI is InChI=1S/C18H32N6O8S/c1-8(25)14(18(31)32)24-17(30)10(3-4-12(20)26)23-16(29)11(5-6-33-2)22-15(28)9(19)7-13(21)27/h8-11,14,25H,3-7,19H2,1-2H3,(H2,20,26)(H2,21,27)(H,22,28)(H,23,29)(H,24,30)(H,31,32). The van der Waals surface area contributed by atoms with Gasteiger partial charge >= 0.3 is 5.97 Å². The highest BCUT2D eigenvalue weighted by molar-refractivity contribution is 7.98. The number of carboxylic acid groups (broad SMARTS) is 1. The van der Waals surface area contributed by atoms with Crippen molar-refractivity contribution in [3.63, 3.8) is 0 Å². The highest BCUT2D eigenvalue weighted by Crippen LogP contribution is 2.06. The molecule has 0 saturated carbocycles. The van der Waals surface area contributed by atoms with E-state index < -0.39 is 72.2 Å². The molecular weight excluding hydrogens is 460 g/mol. The Bertz CT molecular complexity index is 735. The van der Waals surface area contributed by atoms with Crippen LogP contribution in [-0.2, 0) is 28.8 Å². The van der Waals surface area contributed by atoms with Crippen molar-refractivity contribution in [2.45, 2.75) is 62.9 Å². The highest BCUT2D eigenvalue weighted by Gasteiger charge is 2.32. The van der Waals surface area contributed by atoms with Crippen LogP contribution in [0.15, 0.2) is 0 Å². The third-order valence-electron chi connectivity index (χ3n) is 4.36. The molecule has 0 rings (SSSR count). The Hall–Kier alpha value is -2.91. The minimum absolute atomic E-state index is 0.137. The number of carbonyl (C=O) groups is 6. The second kappa shape index (κ2) is 15.0. The topological polar surface area (TPSA) is 257 Å². The van der Waals surface area contributed by atoms with Gasteiger partial charge in [0.05, 0.1) is 18.6 Å². The molecule has 11 N–H and O–H groups in total. The largest absolute Gasteiger partial charge is 0.480 e. The van der Waals surface area contributed by atoms with E-state index in [-0.39, 0.29) is 19.3 Å². The number of aliphatic carboxylic acids is 1. The fraction of sp³-hybridized carbons (Fsp3) is 0.667. The molecule has 0 aliphatic carbocycles. The van der Waals surface area contributed by atoms with Crippen LogP contribution < -0.4 is 33.2 Å². The Morgan fingerprint density at radius 1 is 0.879 bits per heavy atom. The molecule has 0 aromatic rings. The summed E-state index contributed by atoms with van der Waals surface area (Å²) < 4.78 is 0. The van der Waals surface area contributed by atoms with Crippen LogP contribution in [0.4, 0.5) is 0 Å². The molecule has 188 valence electrons. The first-order valence-electron chi connectivity index (χ1n) is 9.93. The van der Waals surface area contributed by atoms with Gasteiger partial charge in [-0.25, -0.2) is 4.79 Å². The number of carbonyl (C=O) groups excluding carboxylic acids is 5. The molecular formula is C18H32N6O8S. The van der Waals surface area contributed by atoms with Gasteiger partial charge in [-0.05, 0) is 31.8 Å². The van der Waals surface area contributed by atoms with E-state index in [2.05, 4.69) is 16.0 Å². The van der Waals surface area contributed by atoms with E-state index in [4.69, 9.17) is 22.3 Å². The fourth-order valence-corrected chi connectivity index (χ4v) is 3.03. The number of carboxylic acids is 1. The lowest BCUT2D eigenvalue weighted by Gasteiger charge is -2.25. The van der Waals surface area contributed by atoms with Gasteiger partial charge in [0.1, 0.15) is 12.1 Å². The molecule has 5 atom stereocenters. The number of nitrogens with one attached hydrogen (secondary N) is 3. The van der Waals surface area contributed by atoms with E-state index in [1.54, 1.807) is 6.26 Å². The second-order valence-corrected chi connectivity index (χ2v) is 8.24. The molecule has 0 radical (unpaired) electrons. The number of rotatable bonds is 16. The van der Waals surface area contributed by atoms with Gasteiger partial charge in [-0.15, -0.1) is 0 Å². The van der Waals surface area contributed by atoms with Crippen molar-refractivity contribution in [3.05, 3.63) is 0 Å². The maximum Gasteiger partial charge on any atom is 0.328 e. The maximum atomic E-state index is 12.8. The molecule has 0 aromatic carbocycles. The van der Waals surface area contributed by atoms with E-state index in [9.17, 15) is 33.9 Å². The van der Waals surface area contributed by atoms with Crippen molar-refractivity contribution in [1.29, 1.82) is 0 Å². The Morgan fingerprint density at radius 3 is 1.85 bits per heavy atom. The number of hydrogen-bond acceptors (Lipinski definition) is 9. The normalized spacial score (nSPS) is 15.3. The summed E-state index contributed by atoms with van der Waals surface area (Å²) in [4.78, 5) is 71.0. The third-order valence-corrected chi connectivity index (χ3v) is 5.00. The number of aliphatic hydroxyl groups excluding tert-OH is 1. The van der Waals surface area contributed by atoms with Crippen molar-refractivity contribution in [2.75, 3.05) is 12.0 Å². The van der Waals surface area contributed by atoms with Crippen LogP contribution in [-0.4, -0.2) is 88.0 Å². The van der Waals surface area contributed by atoms with E-state index >= 15 is 0 Å². The number of aliphatic hydroxyl groups is 1. The number of hydrogen-bond donors (Lipinski definition) is 8. The summed E-state index contributed by atoms with van der Waals surface area (Å²) in [5, 5.41) is 25.5. The molecule has 0 aromatic heterocycles. The van der Waals surface area contributed by atoms with Gasteiger partial charge in [0.2, 0.25) is 29.5 Å². The monoisotopic (exact) mass is 492 g/mol. The lowest BCUT2D eigenvalue weighted by molar-refractivity contribution is -0.145. The first-order valence-corrected chi connectivity index (χ1v) is 11.3. The molecule has 0 aliphatic heterocycles. The molecule has 14 nitrogen and oxygen atoms in total. The number of amides is 5. The molecule has 5 unspecified atom stereocenters. The second-order valence-electron chi connectivity index (χ2n) is 7.25. The van der Waals surface area contributed by atoms with E-state index in [0.29, 0.717) is 5.75 Å². The predicted octanol–water partition coefficient (Wildman–Crippen LogP) is -3.87. The Kier molecular flexibility index (Phi) is 13.7. The van der Waals surface area contributed by atoms with Crippen LogP contribution in [0.1, 0.15) is 32.6 Å². The zero-order valence-electron chi connectivity index (χ0n) is 18.4. The maximum absolute atomic E-state index is 12.8. The summed E-state index contributed by atoms with van der Waals surface area (Å²) >= 11 is 1.38. The molecule has 0 bridgehead atoms. The van der Waals surface area contributed by atoms with Gasteiger partial charge in [-0.1, -0.05) is 0 Å². The van der Waals surface area contributed by atoms with Crippen molar-refractivity contribution in [3.8, 4) is 0 Å². The van der Waals surface area contributed by atoms with Gasteiger partial charge in [0.15, 0.2) is 6.04 Å². The minimum Gasteiger partial charge on any atom is -0.480 e. The van der Waals surface area contributed by atoms with Crippen LogP contribution in [0, 0.1) is 0 Å². The van der Waals surface area contributed by atoms with E-state index in [1.165, 1.54) is 11.8 Å². The Labute approximate surface area is 194 Å². The number of primary amides is 2. The van der Waals surface area contributed by atoms with Crippen molar-refractivity contribution >= 4 is 47.3 Å². The molecule has 15 heteroatoms. The van der Waals surface area contributed by atoms with Crippen LogP contribution in [0.25, 0.3) is 0 Å². The Balaban J connectivity index is 5.53. The lowest BCUT2D eigenvalue weighted by Crippen LogP contribution is -2.58. The fourth-order valence-electron chi connectivity index (χ4n) is 2.56. The third kappa shape index (κ3) is 12.1. The predicted molar refractivity (Wildman–Crippen MR) is 118 cm³/mol. The van der Waals surface area contributed by atoms with Gasteiger partial charge in [-0.3, -0.25) is 24.0 Å². The van der Waals surface area contributed by atoms with E-state index in [1.807, 2.05) is 0 Å². The summed E-state index contributed by atoms with van der Waals surface area (Å²) in [5.74, 6) is -5.24. The Morgan fingerprint density at radius 2 is 1.39 bits per heavy atom. The van der Waals surface area contributed by atoms with Crippen molar-refractivity contribution < 1.29 is 39.0 Å². The van der Waals surface area contributed by atoms with Crippen molar-refractivity contribution in [2.24, 2.45) is 17.2 Å². The zero-order valence-corrected chi connectivity index (χ0v) is 19.2. The molecule has 0 aliphatic rings. The number of thioether (sulfide) groups is 1. The molecule has 0 spiro atoms. The summed E-state index contributed by atoms with van der Waals surface area (Å²) in [7, 11) is 0.